The highest BCUT2D eigenvalue weighted by Gasteiger charge is 2.23. The molecule has 10 N–H and O–H groups in total. The number of pyridine rings is 2. The molecule has 0 spiro atoms. The lowest BCUT2D eigenvalue weighted by Crippen LogP contribution is -2.14. The van der Waals surface area contributed by atoms with E-state index in [0.29, 0.717) is 96.6 Å². The van der Waals surface area contributed by atoms with Crippen LogP contribution in [0, 0.1) is 23.7 Å². The van der Waals surface area contributed by atoms with Crippen LogP contribution >= 0.6 is 24.8 Å². The van der Waals surface area contributed by atoms with Crippen molar-refractivity contribution in [1.82, 2.24) is 49.7 Å². The van der Waals surface area contributed by atoms with Gasteiger partial charge in [0, 0.05) is 38.3 Å². The number of aliphatic hydroxyl groups is 2. The smallest absolute Gasteiger partial charge is 0.216 e. The zero-order valence-corrected chi connectivity index (χ0v) is 33.2. The Kier molecular flexibility index (Phi) is 14.9. The first-order valence-corrected chi connectivity index (χ1v) is 16.8. The van der Waals surface area contributed by atoms with Crippen LogP contribution in [0.5, 0.6) is 11.8 Å². The Morgan fingerprint density at radius 2 is 1.04 bits per heavy atom. The molecule has 0 aromatic carbocycles. The second kappa shape index (κ2) is 18.7. The Bertz CT molecular complexity index is 2220. The predicted octanol–water partition coefficient (Wildman–Crippen LogP) is 1.93. The van der Waals surface area contributed by atoms with E-state index in [0.717, 1.165) is 11.0 Å². The maximum Gasteiger partial charge on any atom is 0.216 e. The third-order valence-corrected chi connectivity index (χ3v) is 7.22. The first-order valence-electron chi connectivity index (χ1n) is 16.8. The second-order valence-electron chi connectivity index (χ2n) is 12.6. The van der Waals surface area contributed by atoms with Gasteiger partial charge in [0.15, 0.2) is 34.7 Å². The van der Waals surface area contributed by atoms with Gasteiger partial charge in [-0.15, -0.1) is 24.8 Å². The number of nitrogens with two attached hydrogens (primary N) is 4. The zero-order chi connectivity index (χ0) is 39.2. The van der Waals surface area contributed by atoms with Gasteiger partial charge in [0.05, 0.1) is 11.0 Å². The zero-order valence-electron chi connectivity index (χ0n) is 31.5. The lowest BCUT2D eigenvalue weighted by molar-refractivity contribution is 0.143. The maximum atomic E-state index is 9.93. The Balaban J connectivity index is 0.000000290. The second-order valence-corrected chi connectivity index (χ2v) is 12.6. The molecule has 0 unspecified atom stereocenters. The van der Waals surface area contributed by atoms with Crippen LogP contribution in [0.3, 0.4) is 0 Å². The van der Waals surface area contributed by atoms with E-state index in [-0.39, 0.29) is 36.4 Å². The molecular weight excluding hydrogens is 771 g/mol. The van der Waals surface area contributed by atoms with E-state index in [1.807, 2.05) is 23.0 Å². The lowest BCUT2D eigenvalue weighted by atomic mass is 10.1. The molecule has 0 fully saturated rings. The Morgan fingerprint density at radius 3 is 1.32 bits per heavy atom. The largest absolute Gasteiger partial charge is 0.476 e. The number of ether oxygens (including phenoxy) is 2. The summed E-state index contributed by atoms with van der Waals surface area (Å²) in [5.41, 5.74) is 24.3. The van der Waals surface area contributed by atoms with E-state index >= 15 is 0 Å². The Labute approximate surface area is 333 Å². The summed E-state index contributed by atoms with van der Waals surface area (Å²) in [7, 11) is 0. The van der Waals surface area contributed by atoms with Gasteiger partial charge < -0.3 is 51.8 Å². The van der Waals surface area contributed by atoms with E-state index < -0.39 is 11.2 Å². The van der Waals surface area contributed by atoms with E-state index in [9.17, 15) is 10.2 Å². The molecule has 6 rings (SSSR count). The summed E-state index contributed by atoms with van der Waals surface area (Å²) < 4.78 is 24.3. The average Bonchev–Trinajstić information content (AvgIpc) is 3.91. The standard InChI is InChI=1S/2C17H21N7O3.2ClH/c2*1-4-24-11-9-12(26-8-7-18)20-10(5-6-17(2,3)25)13(11)21-16(24)14-15(19)23-27-22-14;;/h2*9,25H,4,7-8,18H2,1-3H3,(H2,19,23);2*1H. The van der Waals surface area contributed by atoms with Crippen LogP contribution in [0.15, 0.2) is 21.4 Å². The number of aryl methyl sites for hydroxylation is 2. The van der Waals surface area contributed by atoms with Gasteiger partial charge in [-0.2, -0.15) is 0 Å². The van der Waals surface area contributed by atoms with Gasteiger partial charge in [0.1, 0.15) is 46.8 Å². The van der Waals surface area contributed by atoms with Crippen molar-refractivity contribution < 1.29 is 28.9 Å². The van der Waals surface area contributed by atoms with Crippen LogP contribution in [0.2, 0.25) is 0 Å². The first-order chi connectivity index (χ1) is 25.7. The van der Waals surface area contributed by atoms with Gasteiger partial charge in [-0.1, -0.05) is 11.8 Å². The highest BCUT2D eigenvalue weighted by Crippen LogP contribution is 2.31. The van der Waals surface area contributed by atoms with E-state index in [4.69, 9.17) is 41.7 Å². The summed E-state index contributed by atoms with van der Waals surface area (Å²) in [4.78, 5) is 18.0. The molecule has 6 aromatic heterocycles. The number of halogens is 2. The average molecular weight is 816 g/mol. The maximum absolute atomic E-state index is 9.93. The lowest BCUT2D eigenvalue weighted by Gasteiger charge is -2.08. The van der Waals surface area contributed by atoms with Crippen LogP contribution < -0.4 is 32.4 Å². The molecule has 6 heterocycles. The van der Waals surface area contributed by atoms with Crippen molar-refractivity contribution >= 4 is 58.5 Å². The molecule has 6 aromatic rings. The van der Waals surface area contributed by atoms with E-state index in [1.165, 1.54) is 0 Å². The molecule has 0 aliphatic rings. The number of anilines is 2. The third kappa shape index (κ3) is 10.3. The molecule has 0 atom stereocenters. The van der Waals surface area contributed by atoms with Crippen molar-refractivity contribution in [3.8, 4) is 58.5 Å². The Hall–Kier alpha value is -5.74. The van der Waals surface area contributed by atoms with Crippen LogP contribution in [0.1, 0.15) is 52.9 Å². The quantitative estimate of drug-likeness (QED) is 0.108. The molecule has 0 aliphatic carbocycles. The topological polar surface area (TPSA) is 302 Å². The normalized spacial score (nSPS) is 11.0. The molecule has 0 bridgehead atoms. The molecule has 56 heavy (non-hydrogen) atoms. The summed E-state index contributed by atoms with van der Waals surface area (Å²) in [6.45, 7) is 12.7. The van der Waals surface area contributed by atoms with Crippen LogP contribution in [-0.2, 0) is 13.1 Å². The molecule has 22 heteroatoms. The van der Waals surface area contributed by atoms with Crippen molar-refractivity contribution in [3.05, 3.63) is 23.5 Å². The summed E-state index contributed by atoms with van der Waals surface area (Å²) in [6.07, 6.45) is 0. The molecule has 0 aliphatic heterocycles. The summed E-state index contributed by atoms with van der Waals surface area (Å²) >= 11 is 0. The van der Waals surface area contributed by atoms with Gasteiger partial charge in [-0.05, 0) is 74.0 Å². The van der Waals surface area contributed by atoms with Gasteiger partial charge in [0.25, 0.3) is 0 Å². The van der Waals surface area contributed by atoms with Crippen LogP contribution in [0.4, 0.5) is 11.6 Å². The summed E-state index contributed by atoms with van der Waals surface area (Å²) in [6, 6.07) is 3.51. The van der Waals surface area contributed by atoms with Crippen molar-refractivity contribution in [2.45, 2.75) is 65.8 Å². The van der Waals surface area contributed by atoms with Gasteiger partial charge in [0.2, 0.25) is 11.8 Å². The minimum absolute atomic E-state index is 0. The van der Waals surface area contributed by atoms with Gasteiger partial charge >= 0.3 is 0 Å². The monoisotopic (exact) mass is 814 g/mol. The SMILES string of the molecule is CCn1c(-c2nonc2N)nc2c(C#CC(C)(C)O)nc(OCCN)cc21.CCn1c(-c2nonc2N)nc2c(C#CC(C)(C)O)nc(OCCN)cc21.Cl.Cl. The number of nitrogen functional groups attached to an aromatic ring is 2. The van der Waals surface area contributed by atoms with Gasteiger partial charge in [-0.3, -0.25) is 0 Å². The molecule has 0 radical (unpaired) electrons. The highest BCUT2D eigenvalue weighted by molar-refractivity contribution is 5.87. The number of nitrogens with zero attached hydrogens (tertiary/aromatic N) is 10. The third-order valence-electron chi connectivity index (χ3n) is 7.22. The number of fused-ring (bicyclic) bond motifs is 2. The number of hydrogen-bond donors (Lipinski definition) is 6. The molecular formula is C34H44Cl2N14O6. The summed E-state index contributed by atoms with van der Waals surface area (Å²) in [5.74, 6) is 13.2. The fraction of sp³-hybridized carbons (Fsp3) is 0.412. The number of hydrogen-bond acceptors (Lipinski definition) is 18. The van der Waals surface area contributed by atoms with E-state index in [2.05, 4.69) is 64.2 Å². The molecule has 20 nitrogen and oxygen atoms in total. The molecule has 0 amide bonds. The fourth-order valence-electron chi connectivity index (χ4n) is 4.97. The van der Waals surface area contributed by atoms with Crippen LogP contribution in [0.25, 0.3) is 45.1 Å². The van der Waals surface area contributed by atoms with E-state index in [1.54, 1.807) is 39.8 Å². The Morgan fingerprint density at radius 1 is 0.661 bits per heavy atom. The minimum atomic E-state index is -1.18. The predicted molar refractivity (Wildman–Crippen MR) is 212 cm³/mol. The van der Waals surface area contributed by atoms with Gasteiger partial charge in [-0.25, -0.2) is 29.2 Å². The van der Waals surface area contributed by atoms with Crippen molar-refractivity contribution in [3.63, 3.8) is 0 Å². The number of aromatic nitrogens is 10. The first kappa shape index (κ1) is 44.7. The fourth-order valence-corrected chi connectivity index (χ4v) is 4.97. The molecule has 0 saturated carbocycles. The number of imidazole rings is 2. The minimum Gasteiger partial charge on any atom is -0.476 e. The summed E-state index contributed by atoms with van der Waals surface area (Å²) in [5, 5.41) is 34.8. The molecule has 0 saturated heterocycles. The van der Waals surface area contributed by atoms with Crippen molar-refractivity contribution in [2.24, 2.45) is 11.5 Å². The van der Waals surface area contributed by atoms with Crippen molar-refractivity contribution in [2.75, 3.05) is 37.8 Å². The molecule has 300 valence electrons. The van der Waals surface area contributed by atoms with Crippen LogP contribution in [-0.4, -0.2) is 97.4 Å². The van der Waals surface area contributed by atoms with Crippen molar-refractivity contribution in [1.29, 1.82) is 0 Å². The highest BCUT2D eigenvalue weighted by atomic mass is 35.5. The number of rotatable bonds is 10.